The van der Waals surface area contributed by atoms with Gasteiger partial charge in [0, 0.05) is 28.0 Å². The minimum absolute atomic E-state index is 0.0469. The third-order valence-corrected chi connectivity index (χ3v) is 4.29. The molecule has 0 radical (unpaired) electrons. The van der Waals surface area contributed by atoms with Gasteiger partial charge in [0.25, 0.3) is 5.91 Å². The summed E-state index contributed by atoms with van der Waals surface area (Å²) in [4.78, 5) is 25.7. The number of hydrogen-bond acceptors (Lipinski definition) is 3. The van der Waals surface area contributed by atoms with Gasteiger partial charge >= 0.3 is 6.03 Å². The Balaban J connectivity index is 1.55. The molecule has 3 amide bonds. The predicted molar refractivity (Wildman–Crippen MR) is 102 cm³/mol. The molecular weight excluding hydrogens is 377 g/mol. The number of amides is 3. The molecule has 0 aromatic heterocycles. The van der Waals surface area contributed by atoms with Crippen molar-refractivity contribution in [1.82, 2.24) is 5.32 Å². The molecule has 26 heavy (non-hydrogen) atoms. The van der Waals surface area contributed by atoms with Gasteiger partial charge in [-0.2, -0.15) is 0 Å². The Bertz CT molecular complexity index is 816. The average Bonchev–Trinajstić information content (AvgIpc) is 2.61. The first-order valence-corrected chi connectivity index (χ1v) is 8.75. The molecule has 0 bridgehead atoms. The lowest BCUT2D eigenvalue weighted by Crippen LogP contribution is -2.51. The van der Waals surface area contributed by atoms with E-state index in [9.17, 15) is 9.59 Å². The van der Waals surface area contributed by atoms with Crippen molar-refractivity contribution in [2.75, 3.05) is 29.9 Å². The van der Waals surface area contributed by atoms with E-state index >= 15 is 0 Å². The van der Waals surface area contributed by atoms with E-state index in [1.54, 1.807) is 47.4 Å². The van der Waals surface area contributed by atoms with E-state index < -0.39 is 0 Å². The van der Waals surface area contributed by atoms with Crippen LogP contribution < -0.4 is 15.5 Å². The Labute approximate surface area is 161 Å². The molecule has 2 N–H and O–H groups in total. The van der Waals surface area contributed by atoms with Crippen LogP contribution in [0, 0.1) is 0 Å². The second-order valence-corrected chi connectivity index (χ2v) is 6.64. The lowest BCUT2D eigenvalue weighted by atomic mass is 10.2. The highest BCUT2D eigenvalue weighted by atomic mass is 35.5. The van der Waals surface area contributed by atoms with Crippen LogP contribution in [-0.2, 0) is 9.53 Å². The number of ether oxygens (including phenoxy) is 1. The molecule has 1 aliphatic rings. The van der Waals surface area contributed by atoms with Crippen molar-refractivity contribution in [3.8, 4) is 0 Å². The quantitative estimate of drug-likeness (QED) is 0.834. The molecule has 1 heterocycles. The summed E-state index contributed by atoms with van der Waals surface area (Å²) in [5, 5.41) is 6.52. The molecule has 136 valence electrons. The first-order valence-electron chi connectivity index (χ1n) is 7.99. The molecule has 1 fully saturated rings. The zero-order valence-corrected chi connectivity index (χ0v) is 15.3. The SMILES string of the molecule is O=C(NCC1CN(c2cccc(Cl)c2)C(=O)CO1)Nc1cccc(Cl)c1. The number of carbonyl (C=O) groups excluding carboxylic acids is 2. The number of urea groups is 1. The van der Waals surface area contributed by atoms with Crippen LogP contribution in [0.2, 0.25) is 10.0 Å². The monoisotopic (exact) mass is 393 g/mol. The molecule has 1 unspecified atom stereocenters. The zero-order valence-electron chi connectivity index (χ0n) is 13.7. The zero-order chi connectivity index (χ0) is 18.5. The Hall–Kier alpha value is -2.28. The maximum atomic E-state index is 12.1. The van der Waals surface area contributed by atoms with Crippen molar-refractivity contribution in [3.63, 3.8) is 0 Å². The highest BCUT2D eigenvalue weighted by Gasteiger charge is 2.27. The van der Waals surface area contributed by atoms with E-state index in [2.05, 4.69) is 10.6 Å². The van der Waals surface area contributed by atoms with Crippen LogP contribution in [-0.4, -0.2) is 37.7 Å². The number of nitrogens with one attached hydrogen (secondary N) is 2. The van der Waals surface area contributed by atoms with E-state index in [0.717, 1.165) is 0 Å². The lowest BCUT2D eigenvalue weighted by Gasteiger charge is -2.33. The van der Waals surface area contributed by atoms with E-state index in [1.165, 1.54) is 0 Å². The Morgan fingerprint density at radius 1 is 1.15 bits per heavy atom. The third kappa shape index (κ3) is 4.88. The number of benzene rings is 2. The number of halogens is 2. The minimum atomic E-state index is -0.373. The van der Waals surface area contributed by atoms with Gasteiger partial charge in [0.2, 0.25) is 0 Å². The summed E-state index contributed by atoms with van der Waals surface area (Å²) < 4.78 is 5.50. The molecule has 0 saturated carbocycles. The molecule has 3 rings (SSSR count). The summed E-state index contributed by atoms with van der Waals surface area (Å²) in [5.41, 5.74) is 1.30. The number of anilines is 2. The highest BCUT2D eigenvalue weighted by molar-refractivity contribution is 6.31. The predicted octanol–water partition coefficient (Wildman–Crippen LogP) is 3.55. The topological polar surface area (TPSA) is 70.7 Å². The maximum absolute atomic E-state index is 12.1. The van der Waals surface area contributed by atoms with Crippen LogP contribution >= 0.6 is 23.2 Å². The van der Waals surface area contributed by atoms with Crippen LogP contribution in [0.3, 0.4) is 0 Å². The number of carbonyl (C=O) groups is 2. The van der Waals surface area contributed by atoms with Crippen LogP contribution in [0.1, 0.15) is 0 Å². The summed E-state index contributed by atoms with van der Waals surface area (Å²) in [6.45, 7) is 0.544. The smallest absolute Gasteiger partial charge is 0.319 e. The fraction of sp³-hybridized carbons (Fsp3) is 0.222. The van der Waals surface area contributed by atoms with Crippen molar-refractivity contribution in [3.05, 3.63) is 58.6 Å². The number of nitrogens with zero attached hydrogens (tertiary/aromatic N) is 1. The standard InChI is InChI=1S/C18H17Cl2N3O3/c19-12-3-1-5-14(7-12)22-18(25)21-9-16-10-23(17(24)11-26-16)15-6-2-4-13(20)8-15/h1-8,16H,9-11H2,(H2,21,22,25). The molecule has 1 atom stereocenters. The van der Waals surface area contributed by atoms with Crippen molar-refractivity contribution in [2.24, 2.45) is 0 Å². The molecular formula is C18H17Cl2N3O3. The van der Waals surface area contributed by atoms with Crippen LogP contribution in [0.4, 0.5) is 16.2 Å². The van der Waals surface area contributed by atoms with Gasteiger partial charge in [0.05, 0.1) is 12.6 Å². The molecule has 2 aromatic carbocycles. The van der Waals surface area contributed by atoms with E-state index in [-0.39, 0.29) is 31.2 Å². The normalized spacial score (nSPS) is 17.1. The van der Waals surface area contributed by atoms with Gasteiger partial charge in [-0.05, 0) is 36.4 Å². The number of rotatable bonds is 4. The van der Waals surface area contributed by atoms with Crippen molar-refractivity contribution >= 4 is 46.5 Å². The number of hydrogen-bond donors (Lipinski definition) is 2. The molecule has 0 spiro atoms. The van der Waals surface area contributed by atoms with E-state index in [0.29, 0.717) is 28.0 Å². The van der Waals surface area contributed by atoms with Crippen molar-refractivity contribution in [2.45, 2.75) is 6.10 Å². The van der Waals surface area contributed by atoms with Crippen molar-refractivity contribution < 1.29 is 14.3 Å². The summed E-state index contributed by atoms with van der Waals surface area (Å²) in [7, 11) is 0. The maximum Gasteiger partial charge on any atom is 0.319 e. The molecule has 1 aliphatic heterocycles. The minimum Gasteiger partial charge on any atom is -0.365 e. The molecule has 1 saturated heterocycles. The largest absolute Gasteiger partial charge is 0.365 e. The van der Waals surface area contributed by atoms with Gasteiger partial charge in [0.1, 0.15) is 6.61 Å². The van der Waals surface area contributed by atoms with Crippen LogP contribution in [0.15, 0.2) is 48.5 Å². The summed E-state index contributed by atoms with van der Waals surface area (Å²) in [6.07, 6.45) is -0.322. The molecule has 2 aromatic rings. The van der Waals surface area contributed by atoms with Crippen molar-refractivity contribution in [1.29, 1.82) is 0 Å². The Kier molecular flexibility index (Phi) is 5.98. The fourth-order valence-electron chi connectivity index (χ4n) is 2.59. The van der Waals surface area contributed by atoms with Gasteiger partial charge in [-0.25, -0.2) is 4.79 Å². The Morgan fingerprint density at radius 2 is 1.88 bits per heavy atom. The van der Waals surface area contributed by atoms with Gasteiger partial charge in [-0.15, -0.1) is 0 Å². The fourth-order valence-corrected chi connectivity index (χ4v) is 2.96. The van der Waals surface area contributed by atoms with Gasteiger partial charge in [0.15, 0.2) is 0 Å². The second-order valence-electron chi connectivity index (χ2n) is 5.76. The first-order chi connectivity index (χ1) is 12.5. The van der Waals surface area contributed by atoms with Gasteiger partial charge in [-0.1, -0.05) is 35.3 Å². The molecule has 8 heteroatoms. The Morgan fingerprint density at radius 3 is 2.62 bits per heavy atom. The average molecular weight is 394 g/mol. The second kappa shape index (κ2) is 8.40. The van der Waals surface area contributed by atoms with Crippen LogP contribution in [0.5, 0.6) is 0 Å². The summed E-state index contributed by atoms with van der Waals surface area (Å²) in [5.74, 6) is -0.146. The third-order valence-electron chi connectivity index (χ3n) is 3.82. The van der Waals surface area contributed by atoms with E-state index in [1.807, 2.05) is 6.07 Å². The molecule has 0 aliphatic carbocycles. The van der Waals surface area contributed by atoms with Gasteiger partial charge in [-0.3, -0.25) is 4.79 Å². The van der Waals surface area contributed by atoms with Gasteiger partial charge < -0.3 is 20.3 Å². The summed E-state index contributed by atoms with van der Waals surface area (Å²) in [6, 6.07) is 13.5. The lowest BCUT2D eigenvalue weighted by molar-refractivity contribution is -0.129. The summed E-state index contributed by atoms with van der Waals surface area (Å²) >= 11 is 11.9. The highest BCUT2D eigenvalue weighted by Crippen LogP contribution is 2.22. The number of morpholine rings is 1. The van der Waals surface area contributed by atoms with E-state index in [4.69, 9.17) is 27.9 Å². The first kappa shape index (κ1) is 18.5. The molecule has 6 nitrogen and oxygen atoms in total. The van der Waals surface area contributed by atoms with Crippen LogP contribution in [0.25, 0.3) is 0 Å².